The zero-order valence-electron chi connectivity index (χ0n) is 13.8. The number of hydrogen-bond acceptors (Lipinski definition) is 3. The molecule has 1 N–H and O–H groups in total. The van der Waals surface area contributed by atoms with E-state index in [0.717, 1.165) is 11.1 Å². The van der Waals surface area contributed by atoms with Crippen LogP contribution in [0.4, 0.5) is 5.69 Å². The molecule has 0 radical (unpaired) electrons. The smallest absolute Gasteiger partial charge is 0.339 e. The number of hydrogen-bond donors (Lipinski definition) is 1. The number of carbonyl (C=O) groups is 2. The number of fused-ring (bicyclic) bond motifs is 1. The van der Waals surface area contributed by atoms with Gasteiger partial charge in [0.1, 0.15) is 0 Å². The quantitative estimate of drug-likeness (QED) is 0.778. The molecule has 3 rings (SSSR count). The van der Waals surface area contributed by atoms with Crippen molar-refractivity contribution in [2.45, 2.75) is 32.3 Å². The summed E-state index contributed by atoms with van der Waals surface area (Å²) in [5, 5.41) is 3.49. The summed E-state index contributed by atoms with van der Waals surface area (Å²) < 4.78 is 5.29. The van der Waals surface area contributed by atoms with Gasteiger partial charge >= 0.3 is 5.97 Å². The normalized spacial score (nSPS) is 16.4. The number of nitrogens with one attached hydrogen (secondary N) is 1. The maximum absolute atomic E-state index is 12.5. The Labute approximate surface area is 156 Å². The Bertz CT molecular complexity index is 849. The summed E-state index contributed by atoms with van der Waals surface area (Å²) in [5.74, 6) is -0.569. The molecule has 0 spiro atoms. The van der Waals surface area contributed by atoms with E-state index in [1.807, 2.05) is 12.1 Å². The van der Waals surface area contributed by atoms with E-state index in [-0.39, 0.29) is 0 Å². The Balaban J connectivity index is 1.81. The number of benzene rings is 2. The van der Waals surface area contributed by atoms with Gasteiger partial charge in [0.2, 0.25) is 0 Å². The highest BCUT2D eigenvalue weighted by Crippen LogP contribution is 2.28. The monoisotopic (exact) mass is 377 g/mol. The molecule has 0 saturated carbocycles. The van der Waals surface area contributed by atoms with Crippen molar-refractivity contribution in [3.05, 3.63) is 63.1 Å². The number of ether oxygens (including phenoxy) is 1. The molecular weight excluding hydrogens is 361 g/mol. The zero-order valence-corrected chi connectivity index (χ0v) is 15.3. The van der Waals surface area contributed by atoms with E-state index >= 15 is 0 Å². The van der Waals surface area contributed by atoms with Crippen LogP contribution in [-0.2, 0) is 16.0 Å². The van der Waals surface area contributed by atoms with Crippen LogP contribution in [0.5, 0.6) is 0 Å². The van der Waals surface area contributed by atoms with Gasteiger partial charge in [-0.25, -0.2) is 4.79 Å². The van der Waals surface area contributed by atoms with Crippen LogP contribution in [0.2, 0.25) is 10.0 Å². The van der Waals surface area contributed by atoms with E-state index in [1.165, 1.54) is 6.07 Å². The van der Waals surface area contributed by atoms with Gasteiger partial charge in [-0.05, 0) is 41.3 Å². The van der Waals surface area contributed by atoms with Crippen molar-refractivity contribution in [1.82, 2.24) is 0 Å². The SMILES string of the molecule is CC(C)c1ccc2c(c1)CC(C(=O)Nc1ccc(Cl)cc1Cl)OC2=O. The average Bonchev–Trinajstić information content (AvgIpc) is 2.56. The van der Waals surface area contributed by atoms with Gasteiger partial charge in [0.05, 0.1) is 16.3 Å². The molecule has 0 bridgehead atoms. The van der Waals surface area contributed by atoms with E-state index in [0.29, 0.717) is 33.6 Å². The van der Waals surface area contributed by atoms with Crippen LogP contribution in [0.25, 0.3) is 0 Å². The van der Waals surface area contributed by atoms with Gasteiger partial charge in [-0.2, -0.15) is 0 Å². The minimum Gasteiger partial charge on any atom is -0.448 e. The largest absolute Gasteiger partial charge is 0.448 e. The lowest BCUT2D eigenvalue weighted by molar-refractivity contribution is -0.125. The Morgan fingerprint density at radius 1 is 1.20 bits per heavy atom. The highest BCUT2D eigenvalue weighted by Gasteiger charge is 2.31. The second kappa shape index (κ2) is 7.06. The van der Waals surface area contributed by atoms with Gasteiger partial charge in [-0.1, -0.05) is 49.2 Å². The Morgan fingerprint density at radius 3 is 2.64 bits per heavy atom. The van der Waals surface area contributed by atoms with Crippen molar-refractivity contribution >= 4 is 40.8 Å². The molecule has 1 unspecified atom stereocenters. The van der Waals surface area contributed by atoms with Crippen molar-refractivity contribution in [2.24, 2.45) is 0 Å². The summed E-state index contributed by atoms with van der Waals surface area (Å²) in [5.41, 5.74) is 2.88. The van der Waals surface area contributed by atoms with Crippen LogP contribution < -0.4 is 5.32 Å². The summed E-state index contributed by atoms with van der Waals surface area (Å²) >= 11 is 11.9. The second-order valence-corrected chi connectivity index (χ2v) is 7.13. The second-order valence-electron chi connectivity index (χ2n) is 6.28. The van der Waals surface area contributed by atoms with Crippen LogP contribution >= 0.6 is 23.2 Å². The van der Waals surface area contributed by atoms with Crippen molar-refractivity contribution in [2.75, 3.05) is 5.32 Å². The van der Waals surface area contributed by atoms with Crippen molar-refractivity contribution in [3.63, 3.8) is 0 Å². The predicted molar refractivity (Wildman–Crippen MR) is 98.5 cm³/mol. The number of rotatable bonds is 3. The summed E-state index contributed by atoms with van der Waals surface area (Å²) in [6.07, 6.45) is -0.562. The first kappa shape index (κ1) is 17.8. The molecule has 2 aromatic carbocycles. The highest BCUT2D eigenvalue weighted by molar-refractivity contribution is 6.36. The molecule has 1 aliphatic heterocycles. The third-order valence-corrected chi connectivity index (χ3v) is 4.70. The summed E-state index contributed by atoms with van der Waals surface area (Å²) in [7, 11) is 0. The molecule has 1 aliphatic rings. The summed E-state index contributed by atoms with van der Waals surface area (Å²) in [6.45, 7) is 4.16. The lowest BCUT2D eigenvalue weighted by Crippen LogP contribution is -2.38. The lowest BCUT2D eigenvalue weighted by Gasteiger charge is -2.25. The van der Waals surface area contributed by atoms with Crippen LogP contribution in [0, 0.1) is 0 Å². The molecule has 130 valence electrons. The third kappa shape index (κ3) is 3.80. The van der Waals surface area contributed by atoms with Gasteiger partial charge in [0.25, 0.3) is 5.91 Å². The average molecular weight is 378 g/mol. The topological polar surface area (TPSA) is 55.4 Å². The molecule has 1 amide bonds. The molecule has 4 nitrogen and oxygen atoms in total. The van der Waals surface area contributed by atoms with Gasteiger partial charge in [0, 0.05) is 11.4 Å². The summed E-state index contributed by atoms with van der Waals surface area (Å²) in [6, 6.07) is 10.4. The van der Waals surface area contributed by atoms with Gasteiger partial charge in [-0.15, -0.1) is 0 Å². The molecule has 2 aromatic rings. The van der Waals surface area contributed by atoms with E-state index in [1.54, 1.807) is 18.2 Å². The Morgan fingerprint density at radius 2 is 1.96 bits per heavy atom. The number of amides is 1. The first-order chi connectivity index (χ1) is 11.8. The number of anilines is 1. The fourth-order valence-corrected chi connectivity index (χ4v) is 3.18. The maximum atomic E-state index is 12.5. The first-order valence-corrected chi connectivity index (χ1v) is 8.70. The van der Waals surface area contributed by atoms with Crippen LogP contribution in [0.15, 0.2) is 36.4 Å². The van der Waals surface area contributed by atoms with Crippen LogP contribution in [-0.4, -0.2) is 18.0 Å². The van der Waals surface area contributed by atoms with E-state index < -0.39 is 18.0 Å². The Kier molecular flexibility index (Phi) is 5.02. The number of halogens is 2. The molecule has 1 heterocycles. The predicted octanol–water partition coefficient (Wildman–Crippen LogP) is 4.84. The zero-order chi connectivity index (χ0) is 18.1. The minimum atomic E-state index is -0.894. The van der Waals surface area contributed by atoms with Crippen molar-refractivity contribution < 1.29 is 14.3 Å². The molecule has 25 heavy (non-hydrogen) atoms. The molecular formula is C19H17Cl2NO3. The highest BCUT2D eigenvalue weighted by atomic mass is 35.5. The Hall–Kier alpha value is -2.04. The number of cyclic esters (lactones) is 1. The molecule has 0 fully saturated rings. The summed E-state index contributed by atoms with van der Waals surface area (Å²) in [4.78, 5) is 24.7. The fourth-order valence-electron chi connectivity index (χ4n) is 2.73. The van der Waals surface area contributed by atoms with Crippen LogP contribution in [0.3, 0.4) is 0 Å². The number of carbonyl (C=O) groups excluding carboxylic acids is 2. The van der Waals surface area contributed by atoms with E-state index in [4.69, 9.17) is 27.9 Å². The molecule has 0 aromatic heterocycles. The maximum Gasteiger partial charge on any atom is 0.339 e. The van der Waals surface area contributed by atoms with Crippen molar-refractivity contribution in [1.29, 1.82) is 0 Å². The van der Waals surface area contributed by atoms with Gasteiger partial charge in [-0.3, -0.25) is 4.79 Å². The van der Waals surface area contributed by atoms with Gasteiger partial charge in [0.15, 0.2) is 6.10 Å². The molecule has 0 aliphatic carbocycles. The molecule has 0 saturated heterocycles. The molecule has 6 heteroatoms. The van der Waals surface area contributed by atoms with E-state index in [9.17, 15) is 9.59 Å². The fraction of sp³-hybridized carbons (Fsp3) is 0.263. The third-order valence-electron chi connectivity index (χ3n) is 4.15. The number of esters is 1. The standard InChI is InChI=1S/C19H17Cl2NO3/c1-10(2)11-3-5-14-12(7-11)8-17(25-19(14)24)18(23)22-16-6-4-13(20)9-15(16)21/h3-7,9-10,17H,8H2,1-2H3,(H,22,23). The van der Waals surface area contributed by atoms with Crippen LogP contribution in [0.1, 0.15) is 41.3 Å². The molecule has 1 atom stereocenters. The first-order valence-electron chi connectivity index (χ1n) is 7.95. The lowest BCUT2D eigenvalue weighted by atomic mass is 9.92. The van der Waals surface area contributed by atoms with Gasteiger partial charge < -0.3 is 10.1 Å². The minimum absolute atomic E-state index is 0.325. The van der Waals surface area contributed by atoms with Crippen molar-refractivity contribution in [3.8, 4) is 0 Å². The van der Waals surface area contributed by atoms with E-state index in [2.05, 4.69) is 19.2 Å².